The quantitative estimate of drug-likeness (QED) is 0.722. The fourth-order valence-electron chi connectivity index (χ4n) is 2.35. The molecule has 27 heavy (non-hydrogen) atoms. The van der Waals surface area contributed by atoms with Crippen LogP contribution in [0, 0.1) is 13.8 Å². The Kier molecular flexibility index (Phi) is 6.61. The Morgan fingerprint density at radius 1 is 1.11 bits per heavy atom. The van der Waals surface area contributed by atoms with Gasteiger partial charge in [0, 0.05) is 30.2 Å². The summed E-state index contributed by atoms with van der Waals surface area (Å²) in [6.07, 6.45) is 0. The molecule has 0 aliphatic heterocycles. The second kappa shape index (κ2) is 8.37. The molecule has 0 atom stereocenters. The van der Waals surface area contributed by atoms with Crippen molar-refractivity contribution in [2.45, 2.75) is 29.4 Å². The van der Waals surface area contributed by atoms with Crippen molar-refractivity contribution in [2.24, 2.45) is 0 Å². The van der Waals surface area contributed by atoms with Crippen LogP contribution in [0.15, 0.2) is 46.2 Å². The summed E-state index contributed by atoms with van der Waals surface area (Å²) in [4.78, 5) is 13.0. The number of nitrogens with one attached hydrogen (secondary N) is 1. The smallest absolute Gasteiger partial charge is 0.288 e. The van der Waals surface area contributed by atoms with E-state index in [0.29, 0.717) is 33.5 Å². The van der Waals surface area contributed by atoms with E-state index >= 15 is 0 Å². The summed E-state index contributed by atoms with van der Waals surface area (Å²) in [5.74, 6) is -3.00. The van der Waals surface area contributed by atoms with Gasteiger partial charge in [-0.15, -0.1) is 0 Å². The van der Waals surface area contributed by atoms with Gasteiger partial charge in [0.1, 0.15) is 0 Å². The highest BCUT2D eigenvalue weighted by Gasteiger charge is 2.23. The number of nitrogens with zero attached hydrogens (tertiary/aromatic N) is 1. The molecule has 1 N–H and O–H groups in total. The number of carbonyl (C=O) groups excluding carboxylic acids is 1. The van der Waals surface area contributed by atoms with E-state index in [-0.39, 0.29) is 10.5 Å². The summed E-state index contributed by atoms with van der Waals surface area (Å²) >= 11 is 0.416. The van der Waals surface area contributed by atoms with E-state index in [9.17, 15) is 22.0 Å². The number of sulfonamides is 1. The second-order valence-corrected chi connectivity index (χ2v) is 9.24. The molecule has 1 amide bonds. The molecule has 0 bridgehead atoms. The molecule has 0 aliphatic rings. The van der Waals surface area contributed by atoms with Crippen molar-refractivity contribution in [3.8, 4) is 0 Å². The first kappa shape index (κ1) is 21.3. The molecule has 0 aliphatic carbocycles. The van der Waals surface area contributed by atoms with Crippen molar-refractivity contribution >= 4 is 33.4 Å². The van der Waals surface area contributed by atoms with Crippen molar-refractivity contribution in [3.05, 3.63) is 53.1 Å². The Labute approximate surface area is 161 Å². The minimum Gasteiger partial charge on any atom is -0.322 e. The van der Waals surface area contributed by atoms with E-state index in [4.69, 9.17) is 0 Å². The molecule has 146 valence electrons. The van der Waals surface area contributed by atoms with Crippen LogP contribution in [-0.2, 0) is 10.0 Å². The Morgan fingerprint density at radius 3 is 2.22 bits per heavy atom. The van der Waals surface area contributed by atoms with Gasteiger partial charge >= 0.3 is 0 Å². The number of rotatable bonds is 6. The molecular weight excluding hydrogens is 394 g/mol. The molecule has 0 spiro atoms. The Bertz CT molecular complexity index is 944. The minimum absolute atomic E-state index is 0.0707. The number of alkyl halides is 2. The standard InChI is InChI=1S/C18H20F2N2O3S2/c1-11-9-13(10-16(12(11)2)27(24,25)22(3)4)17(23)21-14-5-7-15(8-6-14)26-18(19)20/h5-10,18H,1-4H3,(H,21,23). The lowest BCUT2D eigenvalue weighted by atomic mass is 10.1. The van der Waals surface area contributed by atoms with Gasteiger partial charge in [0.15, 0.2) is 0 Å². The number of aryl methyl sites for hydroxylation is 1. The van der Waals surface area contributed by atoms with Gasteiger partial charge in [0.05, 0.1) is 4.90 Å². The number of hydrogen-bond acceptors (Lipinski definition) is 4. The number of halogens is 2. The first-order chi connectivity index (χ1) is 12.5. The molecule has 5 nitrogen and oxygen atoms in total. The van der Waals surface area contributed by atoms with Gasteiger partial charge in [0.25, 0.3) is 11.7 Å². The van der Waals surface area contributed by atoms with Gasteiger partial charge in [-0.25, -0.2) is 12.7 Å². The van der Waals surface area contributed by atoms with Crippen LogP contribution in [-0.4, -0.2) is 38.5 Å². The van der Waals surface area contributed by atoms with E-state index in [2.05, 4.69) is 5.32 Å². The van der Waals surface area contributed by atoms with E-state index in [1.165, 1.54) is 44.4 Å². The zero-order valence-electron chi connectivity index (χ0n) is 15.3. The topological polar surface area (TPSA) is 66.5 Å². The highest BCUT2D eigenvalue weighted by molar-refractivity contribution is 7.99. The van der Waals surface area contributed by atoms with Gasteiger partial charge in [-0.2, -0.15) is 8.78 Å². The van der Waals surface area contributed by atoms with Crippen LogP contribution in [0.3, 0.4) is 0 Å². The van der Waals surface area contributed by atoms with Gasteiger partial charge in [-0.3, -0.25) is 4.79 Å². The number of amides is 1. The molecule has 0 aromatic heterocycles. The third kappa shape index (κ3) is 5.06. The molecule has 9 heteroatoms. The van der Waals surface area contributed by atoms with Crippen molar-refractivity contribution in [3.63, 3.8) is 0 Å². The molecule has 2 aromatic rings. The third-order valence-electron chi connectivity index (χ3n) is 3.98. The lowest BCUT2D eigenvalue weighted by molar-refractivity contribution is 0.102. The van der Waals surface area contributed by atoms with E-state index in [0.717, 1.165) is 4.31 Å². The van der Waals surface area contributed by atoms with Gasteiger partial charge in [-0.1, -0.05) is 11.8 Å². The number of anilines is 1. The SMILES string of the molecule is Cc1cc(C(=O)Nc2ccc(SC(F)F)cc2)cc(S(=O)(=O)N(C)C)c1C. The maximum Gasteiger partial charge on any atom is 0.288 e. The zero-order chi connectivity index (χ0) is 20.4. The first-order valence-corrected chi connectivity index (χ1v) is 10.2. The third-order valence-corrected chi connectivity index (χ3v) is 6.64. The number of benzene rings is 2. The van der Waals surface area contributed by atoms with Crippen LogP contribution in [0.1, 0.15) is 21.5 Å². The van der Waals surface area contributed by atoms with E-state index in [1.807, 2.05) is 0 Å². The molecular formula is C18H20F2N2O3S2. The lowest BCUT2D eigenvalue weighted by Gasteiger charge is -2.16. The zero-order valence-corrected chi connectivity index (χ0v) is 16.9. The molecule has 0 fully saturated rings. The van der Waals surface area contributed by atoms with Crippen LogP contribution in [0.5, 0.6) is 0 Å². The average Bonchev–Trinajstić information content (AvgIpc) is 2.58. The van der Waals surface area contributed by atoms with Crippen LogP contribution in [0.25, 0.3) is 0 Å². The van der Waals surface area contributed by atoms with Crippen molar-refractivity contribution in [1.82, 2.24) is 4.31 Å². The van der Waals surface area contributed by atoms with Crippen LogP contribution < -0.4 is 5.32 Å². The van der Waals surface area contributed by atoms with Gasteiger partial charge in [-0.05, 0) is 61.4 Å². The molecule has 2 rings (SSSR count). The van der Waals surface area contributed by atoms with Crippen molar-refractivity contribution in [2.75, 3.05) is 19.4 Å². The normalized spacial score (nSPS) is 11.9. The molecule has 0 radical (unpaired) electrons. The maximum atomic E-state index is 12.5. The molecule has 0 unspecified atom stereocenters. The number of thioether (sulfide) groups is 1. The summed E-state index contributed by atoms with van der Waals surface area (Å²) in [7, 11) is -0.844. The average molecular weight is 414 g/mol. The summed E-state index contributed by atoms with van der Waals surface area (Å²) in [6, 6.07) is 8.94. The lowest BCUT2D eigenvalue weighted by Crippen LogP contribution is -2.24. The van der Waals surface area contributed by atoms with Crippen molar-refractivity contribution < 1.29 is 22.0 Å². The summed E-state index contributed by atoms with van der Waals surface area (Å²) < 4.78 is 50.8. The molecule has 0 saturated carbocycles. The predicted molar refractivity (Wildman–Crippen MR) is 103 cm³/mol. The largest absolute Gasteiger partial charge is 0.322 e. The fraction of sp³-hybridized carbons (Fsp3) is 0.278. The van der Waals surface area contributed by atoms with E-state index < -0.39 is 21.7 Å². The minimum atomic E-state index is -3.70. The summed E-state index contributed by atoms with van der Waals surface area (Å²) in [6.45, 7) is 3.42. The molecule has 0 heterocycles. The highest BCUT2D eigenvalue weighted by atomic mass is 32.2. The van der Waals surface area contributed by atoms with Crippen molar-refractivity contribution in [1.29, 1.82) is 0 Å². The van der Waals surface area contributed by atoms with E-state index in [1.54, 1.807) is 19.9 Å². The first-order valence-electron chi connectivity index (χ1n) is 7.92. The molecule has 2 aromatic carbocycles. The highest BCUT2D eigenvalue weighted by Crippen LogP contribution is 2.27. The monoisotopic (exact) mass is 414 g/mol. The van der Waals surface area contributed by atoms with Gasteiger partial charge < -0.3 is 5.32 Å². The summed E-state index contributed by atoms with van der Waals surface area (Å²) in [5.41, 5.74) is 1.87. The van der Waals surface area contributed by atoms with Gasteiger partial charge in [0.2, 0.25) is 10.0 Å². The summed E-state index contributed by atoms with van der Waals surface area (Å²) in [5, 5.41) is 2.65. The Hall–Kier alpha value is -1.97. The number of hydrogen-bond donors (Lipinski definition) is 1. The van der Waals surface area contributed by atoms with Crippen LogP contribution >= 0.6 is 11.8 Å². The maximum absolute atomic E-state index is 12.5. The van der Waals surface area contributed by atoms with Crippen LogP contribution in [0.4, 0.5) is 14.5 Å². The number of carbonyl (C=O) groups is 1. The molecule has 0 saturated heterocycles. The predicted octanol–water partition coefficient (Wildman–Crippen LogP) is 4.12. The second-order valence-electron chi connectivity index (χ2n) is 6.06. The van der Waals surface area contributed by atoms with Crippen LogP contribution in [0.2, 0.25) is 0 Å². The Balaban J connectivity index is 2.30. The Morgan fingerprint density at radius 2 is 1.70 bits per heavy atom. The fourth-order valence-corrected chi connectivity index (χ4v) is 4.06.